The number of anilines is 1. The fourth-order valence-corrected chi connectivity index (χ4v) is 1.76. The number of benzene rings is 1. The molecule has 0 bridgehead atoms. The zero-order valence-corrected chi connectivity index (χ0v) is 12.6. The number of amides is 1. The predicted octanol–water partition coefficient (Wildman–Crippen LogP) is 2.41. The average molecular weight is 280 g/mol. The minimum atomic E-state index is -0.516. The molecule has 3 N–H and O–H groups in total. The quantitative estimate of drug-likeness (QED) is 0.804. The second-order valence-electron chi connectivity index (χ2n) is 4.70. The number of nitrogens with one attached hydrogen (secondary N) is 1. The SMILES string of the molecule is CCOc1ccc(NC(=O)[C@@H](N)C(C)CC)cc1OC. The van der Waals surface area contributed by atoms with E-state index < -0.39 is 6.04 Å². The summed E-state index contributed by atoms with van der Waals surface area (Å²) in [5.41, 5.74) is 6.55. The molecule has 0 radical (unpaired) electrons. The molecule has 0 aliphatic rings. The molecule has 0 spiro atoms. The molecule has 0 heterocycles. The standard InChI is InChI=1S/C15H24N2O3/c1-5-10(3)14(16)15(18)17-11-7-8-12(20-6-2)13(9-11)19-4/h7-10,14H,5-6,16H2,1-4H3,(H,17,18)/t10?,14-/m0/s1. The molecule has 20 heavy (non-hydrogen) atoms. The first kappa shape index (κ1) is 16.3. The first-order valence-corrected chi connectivity index (χ1v) is 6.90. The van der Waals surface area contributed by atoms with Gasteiger partial charge in [0, 0.05) is 11.8 Å². The maximum Gasteiger partial charge on any atom is 0.241 e. The minimum Gasteiger partial charge on any atom is -0.493 e. The fourth-order valence-electron chi connectivity index (χ4n) is 1.76. The lowest BCUT2D eigenvalue weighted by Gasteiger charge is -2.18. The van der Waals surface area contributed by atoms with Gasteiger partial charge >= 0.3 is 0 Å². The van der Waals surface area contributed by atoms with E-state index in [1.54, 1.807) is 25.3 Å². The van der Waals surface area contributed by atoms with Crippen molar-refractivity contribution in [3.8, 4) is 11.5 Å². The van der Waals surface area contributed by atoms with E-state index in [0.717, 1.165) is 6.42 Å². The number of ether oxygens (including phenoxy) is 2. The van der Waals surface area contributed by atoms with Crippen LogP contribution in [0.3, 0.4) is 0 Å². The van der Waals surface area contributed by atoms with Crippen LogP contribution >= 0.6 is 0 Å². The highest BCUT2D eigenvalue weighted by molar-refractivity contribution is 5.95. The van der Waals surface area contributed by atoms with Crippen molar-refractivity contribution >= 4 is 11.6 Å². The molecular formula is C15H24N2O3. The van der Waals surface area contributed by atoms with Gasteiger partial charge in [-0.2, -0.15) is 0 Å². The normalized spacial score (nSPS) is 13.4. The van der Waals surface area contributed by atoms with Crippen molar-refractivity contribution in [2.75, 3.05) is 19.0 Å². The molecule has 5 heteroatoms. The monoisotopic (exact) mass is 280 g/mol. The zero-order valence-electron chi connectivity index (χ0n) is 12.6. The van der Waals surface area contributed by atoms with Crippen molar-refractivity contribution in [2.24, 2.45) is 11.7 Å². The van der Waals surface area contributed by atoms with Gasteiger partial charge in [-0.3, -0.25) is 4.79 Å². The molecule has 112 valence electrons. The highest BCUT2D eigenvalue weighted by atomic mass is 16.5. The highest BCUT2D eigenvalue weighted by Gasteiger charge is 2.19. The molecule has 0 aliphatic carbocycles. The fraction of sp³-hybridized carbons (Fsp3) is 0.533. The molecule has 0 saturated carbocycles. The zero-order chi connectivity index (χ0) is 15.1. The van der Waals surface area contributed by atoms with Crippen LogP contribution in [0, 0.1) is 5.92 Å². The maximum atomic E-state index is 12.0. The summed E-state index contributed by atoms with van der Waals surface area (Å²) in [5, 5.41) is 2.80. The van der Waals surface area contributed by atoms with Crippen molar-refractivity contribution < 1.29 is 14.3 Å². The van der Waals surface area contributed by atoms with Gasteiger partial charge in [0.05, 0.1) is 19.8 Å². The number of hydrogen-bond donors (Lipinski definition) is 2. The molecule has 1 amide bonds. The summed E-state index contributed by atoms with van der Waals surface area (Å²) < 4.78 is 10.7. The van der Waals surface area contributed by atoms with Gasteiger partial charge in [-0.15, -0.1) is 0 Å². The first-order valence-electron chi connectivity index (χ1n) is 6.90. The predicted molar refractivity (Wildman–Crippen MR) is 80.2 cm³/mol. The van der Waals surface area contributed by atoms with Crippen molar-refractivity contribution in [3.05, 3.63) is 18.2 Å². The average Bonchev–Trinajstić information content (AvgIpc) is 2.47. The van der Waals surface area contributed by atoms with Gasteiger partial charge in [-0.1, -0.05) is 20.3 Å². The molecule has 1 aromatic rings. The van der Waals surface area contributed by atoms with Gasteiger partial charge in [0.1, 0.15) is 0 Å². The second kappa shape index (κ2) is 7.75. The van der Waals surface area contributed by atoms with Crippen LogP contribution in [0.5, 0.6) is 11.5 Å². The molecule has 5 nitrogen and oxygen atoms in total. The first-order chi connectivity index (χ1) is 9.53. The number of hydrogen-bond acceptors (Lipinski definition) is 4. The van der Waals surface area contributed by atoms with E-state index in [4.69, 9.17) is 15.2 Å². The molecule has 0 saturated heterocycles. The molecule has 0 fully saturated rings. The summed E-state index contributed by atoms with van der Waals surface area (Å²) in [4.78, 5) is 12.0. The van der Waals surface area contributed by atoms with Gasteiger partial charge in [0.15, 0.2) is 11.5 Å². The summed E-state index contributed by atoms with van der Waals surface area (Å²) in [6, 6.07) is 4.76. The van der Waals surface area contributed by atoms with E-state index in [0.29, 0.717) is 23.8 Å². The molecular weight excluding hydrogens is 256 g/mol. The van der Waals surface area contributed by atoms with Crippen LogP contribution in [0.15, 0.2) is 18.2 Å². The summed E-state index contributed by atoms with van der Waals surface area (Å²) in [5.74, 6) is 1.19. The Labute approximate surface area is 120 Å². The number of nitrogens with two attached hydrogens (primary N) is 1. The lowest BCUT2D eigenvalue weighted by Crippen LogP contribution is -2.40. The largest absolute Gasteiger partial charge is 0.493 e. The van der Waals surface area contributed by atoms with Crippen LogP contribution in [-0.2, 0) is 4.79 Å². The lowest BCUT2D eigenvalue weighted by atomic mass is 9.99. The van der Waals surface area contributed by atoms with Gasteiger partial charge in [-0.25, -0.2) is 0 Å². The Morgan fingerprint density at radius 1 is 1.35 bits per heavy atom. The highest BCUT2D eigenvalue weighted by Crippen LogP contribution is 2.30. The lowest BCUT2D eigenvalue weighted by molar-refractivity contribution is -0.118. The van der Waals surface area contributed by atoms with Crippen LogP contribution in [0.25, 0.3) is 0 Å². The van der Waals surface area contributed by atoms with Crippen molar-refractivity contribution in [1.82, 2.24) is 0 Å². The summed E-state index contributed by atoms with van der Waals surface area (Å²) in [6.45, 7) is 6.43. The van der Waals surface area contributed by atoms with E-state index in [1.807, 2.05) is 20.8 Å². The van der Waals surface area contributed by atoms with Gasteiger partial charge < -0.3 is 20.5 Å². The third-order valence-electron chi connectivity index (χ3n) is 3.29. The third kappa shape index (κ3) is 4.13. The van der Waals surface area contributed by atoms with Gasteiger partial charge in [0.25, 0.3) is 0 Å². The second-order valence-corrected chi connectivity index (χ2v) is 4.70. The molecule has 0 aliphatic heterocycles. The Kier molecular flexibility index (Phi) is 6.31. The molecule has 1 rings (SSSR count). The number of carbonyl (C=O) groups is 1. The maximum absolute atomic E-state index is 12.0. The van der Waals surface area contributed by atoms with Gasteiger partial charge in [-0.05, 0) is 25.0 Å². The van der Waals surface area contributed by atoms with Crippen LogP contribution in [-0.4, -0.2) is 25.7 Å². The molecule has 2 atom stereocenters. The molecule has 1 unspecified atom stereocenters. The van der Waals surface area contributed by atoms with E-state index in [2.05, 4.69) is 5.32 Å². The van der Waals surface area contributed by atoms with E-state index in [1.165, 1.54) is 0 Å². The van der Waals surface area contributed by atoms with Crippen molar-refractivity contribution in [2.45, 2.75) is 33.2 Å². The number of rotatable bonds is 7. The van der Waals surface area contributed by atoms with Crippen molar-refractivity contribution in [1.29, 1.82) is 0 Å². The van der Waals surface area contributed by atoms with Crippen molar-refractivity contribution in [3.63, 3.8) is 0 Å². The minimum absolute atomic E-state index is 0.139. The Morgan fingerprint density at radius 2 is 2.05 bits per heavy atom. The number of carbonyl (C=O) groups excluding carboxylic acids is 1. The summed E-state index contributed by atoms with van der Waals surface area (Å²) in [7, 11) is 1.56. The molecule has 0 aromatic heterocycles. The van der Waals surface area contributed by atoms with E-state index >= 15 is 0 Å². The van der Waals surface area contributed by atoms with E-state index in [-0.39, 0.29) is 11.8 Å². The van der Waals surface area contributed by atoms with Crippen LogP contribution < -0.4 is 20.5 Å². The van der Waals surface area contributed by atoms with Crippen LogP contribution in [0.2, 0.25) is 0 Å². The Hall–Kier alpha value is -1.75. The Bertz CT molecular complexity index is 449. The van der Waals surface area contributed by atoms with Gasteiger partial charge in [0.2, 0.25) is 5.91 Å². The summed E-state index contributed by atoms with van der Waals surface area (Å²) >= 11 is 0. The molecule has 1 aromatic carbocycles. The van der Waals surface area contributed by atoms with Crippen LogP contribution in [0.1, 0.15) is 27.2 Å². The van der Waals surface area contributed by atoms with E-state index in [9.17, 15) is 4.79 Å². The smallest absolute Gasteiger partial charge is 0.241 e. The Balaban J connectivity index is 2.80. The Morgan fingerprint density at radius 3 is 2.60 bits per heavy atom. The van der Waals surface area contributed by atoms with Crippen LogP contribution in [0.4, 0.5) is 5.69 Å². The number of methoxy groups -OCH3 is 1. The summed E-state index contributed by atoms with van der Waals surface area (Å²) in [6.07, 6.45) is 0.862. The topological polar surface area (TPSA) is 73.6 Å². The third-order valence-corrected chi connectivity index (χ3v) is 3.29.